The molecule has 0 spiro atoms. The molecule has 0 radical (unpaired) electrons. The van der Waals surface area contributed by atoms with Gasteiger partial charge in [-0.2, -0.15) is 0 Å². The van der Waals surface area contributed by atoms with Gasteiger partial charge in [-0.05, 0) is 24.1 Å². The van der Waals surface area contributed by atoms with E-state index in [1.165, 1.54) is 17.7 Å². The van der Waals surface area contributed by atoms with E-state index in [1.54, 1.807) is 0 Å². The predicted molar refractivity (Wildman–Crippen MR) is 57.9 cm³/mol. The van der Waals surface area contributed by atoms with Crippen LogP contribution in [0.1, 0.15) is 18.9 Å². The summed E-state index contributed by atoms with van der Waals surface area (Å²) in [6, 6.07) is 8.42. The van der Waals surface area contributed by atoms with Gasteiger partial charge >= 0.3 is 0 Å². The van der Waals surface area contributed by atoms with Crippen LogP contribution in [0.25, 0.3) is 0 Å². The largest absolute Gasteiger partial charge is 0.375 e. The van der Waals surface area contributed by atoms with Crippen molar-refractivity contribution in [1.29, 1.82) is 0 Å². The standard InChI is InChI=1S/C11H18N2/c1-3-8-13(2)11-6-4-10(9-12)5-7-11/h4-7H,3,8-9,12H2,1-2H3. The Morgan fingerprint density at radius 2 is 1.85 bits per heavy atom. The van der Waals surface area contributed by atoms with Crippen LogP contribution in [-0.4, -0.2) is 13.6 Å². The quantitative estimate of drug-likeness (QED) is 0.764. The Labute approximate surface area is 80.4 Å². The molecule has 0 atom stereocenters. The molecule has 1 aromatic carbocycles. The van der Waals surface area contributed by atoms with Crippen molar-refractivity contribution in [2.24, 2.45) is 5.73 Å². The molecule has 13 heavy (non-hydrogen) atoms. The number of benzene rings is 1. The lowest BCUT2D eigenvalue weighted by Gasteiger charge is -2.18. The van der Waals surface area contributed by atoms with Crippen molar-refractivity contribution in [1.82, 2.24) is 0 Å². The van der Waals surface area contributed by atoms with Crippen LogP contribution in [0.4, 0.5) is 5.69 Å². The van der Waals surface area contributed by atoms with Crippen molar-refractivity contribution in [3.05, 3.63) is 29.8 Å². The third kappa shape index (κ3) is 2.74. The number of hydrogen-bond donors (Lipinski definition) is 1. The second kappa shape index (κ2) is 4.87. The average molecular weight is 178 g/mol. The third-order valence-electron chi connectivity index (χ3n) is 2.17. The van der Waals surface area contributed by atoms with Gasteiger partial charge in [-0.3, -0.25) is 0 Å². The smallest absolute Gasteiger partial charge is 0.0363 e. The molecular formula is C11H18N2. The fraction of sp³-hybridized carbons (Fsp3) is 0.455. The Morgan fingerprint density at radius 3 is 2.31 bits per heavy atom. The van der Waals surface area contributed by atoms with Gasteiger partial charge in [0, 0.05) is 25.8 Å². The van der Waals surface area contributed by atoms with E-state index in [0.717, 1.165) is 6.54 Å². The Balaban J connectivity index is 2.67. The van der Waals surface area contributed by atoms with Gasteiger partial charge in [0.15, 0.2) is 0 Å². The number of nitrogens with zero attached hydrogens (tertiary/aromatic N) is 1. The van der Waals surface area contributed by atoms with Crippen molar-refractivity contribution in [3.63, 3.8) is 0 Å². The van der Waals surface area contributed by atoms with E-state index in [2.05, 4.69) is 43.1 Å². The van der Waals surface area contributed by atoms with Crippen LogP contribution in [0.3, 0.4) is 0 Å². The fourth-order valence-corrected chi connectivity index (χ4v) is 1.35. The van der Waals surface area contributed by atoms with Crippen LogP contribution < -0.4 is 10.6 Å². The molecule has 2 heteroatoms. The predicted octanol–water partition coefficient (Wildman–Crippen LogP) is 1.99. The Bertz CT molecular complexity index is 241. The van der Waals surface area contributed by atoms with Gasteiger partial charge in [0.1, 0.15) is 0 Å². The molecular weight excluding hydrogens is 160 g/mol. The molecule has 0 saturated carbocycles. The summed E-state index contributed by atoms with van der Waals surface area (Å²) in [5, 5.41) is 0. The second-order valence-electron chi connectivity index (χ2n) is 3.29. The van der Waals surface area contributed by atoms with E-state index in [1.807, 2.05) is 0 Å². The molecule has 0 heterocycles. The maximum atomic E-state index is 5.52. The van der Waals surface area contributed by atoms with Crippen molar-refractivity contribution in [3.8, 4) is 0 Å². The minimum Gasteiger partial charge on any atom is -0.375 e. The summed E-state index contributed by atoms with van der Waals surface area (Å²) in [4.78, 5) is 2.25. The van der Waals surface area contributed by atoms with Gasteiger partial charge in [0.05, 0.1) is 0 Å². The summed E-state index contributed by atoms with van der Waals surface area (Å²) in [5.74, 6) is 0. The molecule has 0 aliphatic heterocycles. The molecule has 2 N–H and O–H groups in total. The Hall–Kier alpha value is -1.02. The second-order valence-corrected chi connectivity index (χ2v) is 3.29. The molecule has 0 bridgehead atoms. The number of hydrogen-bond acceptors (Lipinski definition) is 2. The van der Waals surface area contributed by atoms with Crippen LogP contribution in [0.15, 0.2) is 24.3 Å². The topological polar surface area (TPSA) is 29.3 Å². The SMILES string of the molecule is CCCN(C)c1ccc(CN)cc1. The van der Waals surface area contributed by atoms with Gasteiger partial charge in [-0.1, -0.05) is 19.1 Å². The highest BCUT2D eigenvalue weighted by atomic mass is 15.1. The summed E-state index contributed by atoms with van der Waals surface area (Å²) < 4.78 is 0. The molecule has 0 amide bonds. The van der Waals surface area contributed by atoms with Crippen LogP contribution in [-0.2, 0) is 6.54 Å². The molecule has 2 nitrogen and oxygen atoms in total. The van der Waals surface area contributed by atoms with Gasteiger partial charge in [-0.25, -0.2) is 0 Å². The third-order valence-corrected chi connectivity index (χ3v) is 2.17. The van der Waals surface area contributed by atoms with Crippen LogP contribution >= 0.6 is 0 Å². The van der Waals surface area contributed by atoms with E-state index in [9.17, 15) is 0 Å². The minimum atomic E-state index is 0.623. The molecule has 0 aliphatic carbocycles. The van der Waals surface area contributed by atoms with E-state index in [4.69, 9.17) is 5.73 Å². The molecule has 0 unspecified atom stereocenters. The van der Waals surface area contributed by atoms with Gasteiger partial charge in [0.2, 0.25) is 0 Å². The summed E-state index contributed by atoms with van der Waals surface area (Å²) in [6.07, 6.45) is 1.18. The van der Waals surface area contributed by atoms with E-state index < -0.39 is 0 Å². The van der Waals surface area contributed by atoms with E-state index >= 15 is 0 Å². The monoisotopic (exact) mass is 178 g/mol. The van der Waals surface area contributed by atoms with Crippen molar-refractivity contribution in [2.45, 2.75) is 19.9 Å². The summed E-state index contributed by atoms with van der Waals surface area (Å²) in [6.45, 7) is 3.91. The fourth-order valence-electron chi connectivity index (χ4n) is 1.35. The van der Waals surface area contributed by atoms with Crippen molar-refractivity contribution in [2.75, 3.05) is 18.5 Å². The Kier molecular flexibility index (Phi) is 3.77. The first kappa shape index (κ1) is 10.1. The molecule has 1 rings (SSSR count). The van der Waals surface area contributed by atoms with E-state index in [-0.39, 0.29) is 0 Å². The van der Waals surface area contributed by atoms with Crippen molar-refractivity contribution < 1.29 is 0 Å². The molecule has 0 saturated heterocycles. The molecule has 72 valence electrons. The normalized spacial score (nSPS) is 10.1. The number of rotatable bonds is 4. The molecule has 0 aliphatic rings. The van der Waals surface area contributed by atoms with Crippen molar-refractivity contribution >= 4 is 5.69 Å². The van der Waals surface area contributed by atoms with Crippen LogP contribution in [0.5, 0.6) is 0 Å². The van der Waals surface area contributed by atoms with Gasteiger partial charge in [-0.15, -0.1) is 0 Å². The summed E-state index contributed by atoms with van der Waals surface area (Å²) >= 11 is 0. The minimum absolute atomic E-state index is 0.623. The first-order chi connectivity index (χ1) is 6.27. The zero-order valence-corrected chi connectivity index (χ0v) is 8.46. The molecule has 0 aromatic heterocycles. The van der Waals surface area contributed by atoms with Gasteiger partial charge < -0.3 is 10.6 Å². The zero-order chi connectivity index (χ0) is 9.68. The lowest BCUT2D eigenvalue weighted by molar-refractivity contribution is 0.851. The molecule has 1 aromatic rings. The summed E-state index contributed by atoms with van der Waals surface area (Å²) in [7, 11) is 2.11. The highest BCUT2D eigenvalue weighted by Crippen LogP contribution is 2.13. The highest BCUT2D eigenvalue weighted by Gasteiger charge is 1.97. The Morgan fingerprint density at radius 1 is 1.23 bits per heavy atom. The van der Waals surface area contributed by atoms with Crippen LogP contribution in [0.2, 0.25) is 0 Å². The highest BCUT2D eigenvalue weighted by molar-refractivity contribution is 5.46. The zero-order valence-electron chi connectivity index (χ0n) is 8.46. The average Bonchev–Trinajstić information content (AvgIpc) is 2.18. The van der Waals surface area contributed by atoms with E-state index in [0.29, 0.717) is 6.54 Å². The maximum Gasteiger partial charge on any atom is 0.0363 e. The lowest BCUT2D eigenvalue weighted by atomic mass is 10.2. The first-order valence-electron chi connectivity index (χ1n) is 4.78. The van der Waals surface area contributed by atoms with Gasteiger partial charge in [0.25, 0.3) is 0 Å². The maximum absolute atomic E-state index is 5.52. The lowest BCUT2D eigenvalue weighted by Crippen LogP contribution is -2.17. The van der Waals surface area contributed by atoms with Crippen LogP contribution in [0, 0.1) is 0 Å². The number of nitrogens with two attached hydrogens (primary N) is 1. The first-order valence-corrected chi connectivity index (χ1v) is 4.78. The summed E-state index contributed by atoms with van der Waals surface area (Å²) in [5.41, 5.74) is 7.97. The molecule has 0 fully saturated rings. The number of anilines is 1.